The Morgan fingerprint density at radius 3 is 2.53 bits per heavy atom. The highest BCUT2D eigenvalue weighted by Crippen LogP contribution is 2.22. The van der Waals surface area contributed by atoms with E-state index in [0.29, 0.717) is 18.1 Å². The van der Waals surface area contributed by atoms with Gasteiger partial charge in [-0.2, -0.15) is 12.6 Å². The number of benzene rings is 1. The molecule has 96 valence electrons. The van der Waals surface area contributed by atoms with E-state index in [1.807, 2.05) is 13.8 Å². The average Bonchev–Trinajstić information content (AvgIpc) is 2.26. The van der Waals surface area contributed by atoms with Crippen molar-refractivity contribution in [2.24, 2.45) is 5.41 Å². The van der Waals surface area contributed by atoms with Crippen LogP contribution in [0.5, 0.6) is 5.75 Å². The fraction of sp³-hybridized carbons (Fsp3) is 0.500. The first-order chi connectivity index (χ1) is 7.74. The van der Waals surface area contributed by atoms with Crippen LogP contribution in [0.4, 0.5) is 0 Å². The summed E-state index contributed by atoms with van der Waals surface area (Å²) in [5.41, 5.74) is -0.0375. The smallest absolute Gasteiger partial charge is 0.175 e. The van der Waals surface area contributed by atoms with Gasteiger partial charge in [-0.25, -0.2) is 8.42 Å². The van der Waals surface area contributed by atoms with Crippen LogP contribution >= 0.6 is 12.6 Å². The van der Waals surface area contributed by atoms with Gasteiger partial charge in [0.05, 0.1) is 11.5 Å². The highest BCUT2D eigenvalue weighted by Gasteiger charge is 2.17. The Kier molecular flexibility index (Phi) is 4.49. The van der Waals surface area contributed by atoms with E-state index in [0.717, 1.165) is 0 Å². The van der Waals surface area contributed by atoms with Crippen molar-refractivity contribution in [3.05, 3.63) is 24.3 Å². The standard InChI is InChI=1S/C12H18O3S2/c1-12(2,9-16)8-15-10-5-4-6-11(7-10)17(3,13)14/h4-7,16H,8-9H2,1-3H3. The summed E-state index contributed by atoms with van der Waals surface area (Å²) < 4.78 is 28.3. The lowest BCUT2D eigenvalue weighted by molar-refractivity contribution is 0.202. The minimum atomic E-state index is -3.18. The van der Waals surface area contributed by atoms with Crippen LogP contribution in [-0.2, 0) is 9.84 Å². The summed E-state index contributed by atoms with van der Waals surface area (Å²) in [6, 6.07) is 6.54. The molecule has 0 aliphatic rings. The number of sulfone groups is 1. The zero-order valence-corrected chi connectivity index (χ0v) is 12.0. The molecule has 0 amide bonds. The molecule has 0 N–H and O–H groups in total. The highest BCUT2D eigenvalue weighted by molar-refractivity contribution is 7.90. The largest absolute Gasteiger partial charge is 0.493 e. The maximum Gasteiger partial charge on any atom is 0.175 e. The monoisotopic (exact) mass is 274 g/mol. The van der Waals surface area contributed by atoms with E-state index in [2.05, 4.69) is 12.6 Å². The predicted molar refractivity (Wildman–Crippen MR) is 72.7 cm³/mol. The zero-order valence-electron chi connectivity index (χ0n) is 10.3. The molecule has 0 aliphatic carbocycles. The second-order valence-electron chi connectivity index (χ2n) is 4.86. The van der Waals surface area contributed by atoms with Crippen LogP contribution in [0.2, 0.25) is 0 Å². The molecule has 0 heterocycles. The third-order valence-corrected chi connectivity index (χ3v) is 4.26. The van der Waals surface area contributed by atoms with Crippen LogP contribution in [0.1, 0.15) is 13.8 Å². The number of hydrogen-bond acceptors (Lipinski definition) is 4. The maximum absolute atomic E-state index is 11.4. The quantitative estimate of drug-likeness (QED) is 0.839. The van der Waals surface area contributed by atoms with Gasteiger partial charge in [0.15, 0.2) is 9.84 Å². The van der Waals surface area contributed by atoms with Gasteiger partial charge >= 0.3 is 0 Å². The van der Waals surface area contributed by atoms with Gasteiger partial charge < -0.3 is 4.74 Å². The molecule has 0 bridgehead atoms. The van der Waals surface area contributed by atoms with Crippen molar-refractivity contribution in [1.82, 2.24) is 0 Å². The maximum atomic E-state index is 11.4. The van der Waals surface area contributed by atoms with Crippen molar-refractivity contribution in [1.29, 1.82) is 0 Å². The summed E-state index contributed by atoms with van der Waals surface area (Å²) in [4.78, 5) is 0.277. The molecular formula is C12H18O3S2. The minimum absolute atomic E-state index is 0.0375. The molecule has 0 fully saturated rings. The van der Waals surface area contributed by atoms with Crippen LogP contribution in [0.15, 0.2) is 29.2 Å². The van der Waals surface area contributed by atoms with E-state index in [1.54, 1.807) is 24.3 Å². The van der Waals surface area contributed by atoms with E-state index in [4.69, 9.17) is 4.74 Å². The molecule has 17 heavy (non-hydrogen) atoms. The average molecular weight is 274 g/mol. The van der Waals surface area contributed by atoms with Crippen LogP contribution in [0.3, 0.4) is 0 Å². The number of ether oxygens (including phenoxy) is 1. The zero-order chi connectivity index (χ0) is 13.1. The number of thiol groups is 1. The SMILES string of the molecule is CC(C)(CS)COc1cccc(S(C)(=O)=O)c1. The summed E-state index contributed by atoms with van der Waals surface area (Å²) in [6.07, 6.45) is 1.18. The Bertz CT molecular complexity index is 478. The fourth-order valence-electron chi connectivity index (χ4n) is 1.12. The minimum Gasteiger partial charge on any atom is -0.493 e. The van der Waals surface area contributed by atoms with Crippen molar-refractivity contribution in [2.75, 3.05) is 18.6 Å². The third-order valence-electron chi connectivity index (χ3n) is 2.29. The summed E-state index contributed by atoms with van der Waals surface area (Å²) in [6.45, 7) is 4.59. The molecule has 0 unspecified atom stereocenters. The molecule has 0 saturated heterocycles. The van der Waals surface area contributed by atoms with Gasteiger partial charge in [-0.1, -0.05) is 19.9 Å². The molecule has 0 radical (unpaired) electrons. The van der Waals surface area contributed by atoms with E-state index in [9.17, 15) is 8.42 Å². The Morgan fingerprint density at radius 2 is 2.00 bits per heavy atom. The lowest BCUT2D eigenvalue weighted by atomic mass is 9.98. The van der Waals surface area contributed by atoms with Gasteiger partial charge in [0.1, 0.15) is 5.75 Å². The van der Waals surface area contributed by atoms with Gasteiger partial charge in [-0.05, 0) is 24.0 Å². The molecule has 0 aromatic heterocycles. The summed E-state index contributed by atoms with van der Waals surface area (Å²) in [5.74, 6) is 1.28. The molecule has 0 spiro atoms. The van der Waals surface area contributed by atoms with E-state index in [-0.39, 0.29) is 10.3 Å². The fourth-order valence-corrected chi connectivity index (χ4v) is 1.87. The van der Waals surface area contributed by atoms with Crippen LogP contribution < -0.4 is 4.74 Å². The lowest BCUT2D eigenvalue weighted by Crippen LogP contribution is -2.23. The molecule has 0 saturated carbocycles. The first kappa shape index (κ1) is 14.4. The third kappa shape index (κ3) is 4.60. The first-order valence-corrected chi connectivity index (χ1v) is 7.81. The van der Waals surface area contributed by atoms with Crippen molar-refractivity contribution in [2.45, 2.75) is 18.7 Å². The van der Waals surface area contributed by atoms with E-state index >= 15 is 0 Å². The molecule has 1 rings (SSSR count). The van der Waals surface area contributed by atoms with Crippen LogP contribution in [-0.4, -0.2) is 27.0 Å². The number of hydrogen-bond donors (Lipinski definition) is 1. The molecule has 1 aromatic carbocycles. The topological polar surface area (TPSA) is 43.4 Å². The van der Waals surface area contributed by atoms with Gasteiger partial charge in [0.2, 0.25) is 0 Å². The molecule has 0 aliphatic heterocycles. The van der Waals surface area contributed by atoms with Crippen molar-refractivity contribution in [3.8, 4) is 5.75 Å². The second-order valence-corrected chi connectivity index (χ2v) is 7.19. The molecule has 1 aromatic rings. The van der Waals surface area contributed by atoms with Crippen molar-refractivity contribution in [3.63, 3.8) is 0 Å². The normalized spacial score (nSPS) is 12.5. The summed E-state index contributed by atoms with van der Waals surface area (Å²) >= 11 is 4.24. The van der Waals surface area contributed by atoms with E-state index < -0.39 is 9.84 Å². The lowest BCUT2D eigenvalue weighted by Gasteiger charge is -2.22. The Morgan fingerprint density at radius 1 is 1.35 bits per heavy atom. The first-order valence-electron chi connectivity index (χ1n) is 5.28. The van der Waals surface area contributed by atoms with E-state index in [1.165, 1.54) is 6.26 Å². The molecule has 3 nitrogen and oxygen atoms in total. The van der Waals surface area contributed by atoms with Gasteiger partial charge in [0.25, 0.3) is 0 Å². The van der Waals surface area contributed by atoms with Gasteiger partial charge in [-0.3, -0.25) is 0 Å². The molecule has 5 heteroatoms. The van der Waals surface area contributed by atoms with Crippen molar-refractivity contribution < 1.29 is 13.2 Å². The van der Waals surface area contributed by atoms with Crippen molar-refractivity contribution >= 4 is 22.5 Å². The van der Waals surface area contributed by atoms with Crippen LogP contribution in [0, 0.1) is 5.41 Å². The van der Waals surface area contributed by atoms with Crippen LogP contribution in [0.25, 0.3) is 0 Å². The molecular weight excluding hydrogens is 256 g/mol. The highest BCUT2D eigenvalue weighted by atomic mass is 32.2. The summed E-state index contributed by atoms with van der Waals surface area (Å²) in [5, 5.41) is 0. The molecule has 0 atom stereocenters. The van der Waals surface area contributed by atoms with Gasteiger partial charge in [0, 0.05) is 11.7 Å². The Balaban J connectivity index is 2.81. The number of rotatable bonds is 5. The summed E-state index contributed by atoms with van der Waals surface area (Å²) in [7, 11) is -3.18. The van der Waals surface area contributed by atoms with Gasteiger partial charge in [-0.15, -0.1) is 0 Å². The Labute approximate surface area is 109 Å². The second kappa shape index (κ2) is 5.31. The Hall–Kier alpha value is -0.680. The predicted octanol–water partition coefficient (Wildman–Crippen LogP) is 2.42.